The lowest BCUT2D eigenvalue weighted by atomic mass is 10.4. The smallest absolute Gasteiger partial charge is 0.263 e. The third-order valence-electron chi connectivity index (χ3n) is 3.23. The van der Waals surface area contributed by atoms with Crippen molar-refractivity contribution in [2.24, 2.45) is 0 Å². The molecule has 118 valence electrons. The van der Waals surface area contributed by atoms with Crippen molar-refractivity contribution < 1.29 is 16.8 Å². The minimum absolute atomic E-state index is 0.0880. The van der Waals surface area contributed by atoms with Crippen molar-refractivity contribution in [1.82, 2.24) is 10.2 Å². The number of sulfone groups is 2. The van der Waals surface area contributed by atoms with Gasteiger partial charge in [-0.05, 0) is 13.3 Å². The first-order valence-corrected chi connectivity index (χ1v) is 9.55. The lowest BCUT2D eigenvalue weighted by Gasteiger charge is -2.26. The molecule has 0 radical (unpaired) electrons. The van der Waals surface area contributed by atoms with E-state index in [0.29, 0.717) is 0 Å². The van der Waals surface area contributed by atoms with Gasteiger partial charge in [0.05, 0.1) is 0 Å². The number of hydrogen-bond donors (Lipinski definition) is 2. The maximum Gasteiger partial charge on any atom is 0.263 e. The van der Waals surface area contributed by atoms with Crippen LogP contribution in [0.3, 0.4) is 0 Å². The van der Waals surface area contributed by atoms with Crippen LogP contribution < -0.4 is 5.56 Å². The molecule has 0 aromatic carbocycles. The molecular weight excluding hydrogens is 304 g/mol. The number of aromatic amines is 2. The molecule has 2 N–H and O–H groups in total. The molecule has 0 aliphatic heterocycles. The minimum atomic E-state index is -3.57. The van der Waals surface area contributed by atoms with Crippen molar-refractivity contribution in [3.8, 4) is 0 Å². The lowest BCUT2D eigenvalue weighted by Crippen LogP contribution is -2.44. The van der Waals surface area contributed by atoms with Gasteiger partial charge in [-0.3, -0.25) is 9.89 Å². The summed E-state index contributed by atoms with van der Waals surface area (Å²) in [7, 11) is -7.14. The molecule has 9 heteroatoms. The van der Waals surface area contributed by atoms with E-state index in [0.717, 1.165) is 0 Å². The summed E-state index contributed by atoms with van der Waals surface area (Å²) in [6.45, 7) is 5.81. The van der Waals surface area contributed by atoms with Crippen molar-refractivity contribution in [3.63, 3.8) is 0 Å². The Labute approximate surface area is 119 Å². The molecule has 0 amide bonds. The third-order valence-corrected chi connectivity index (χ3v) is 9.48. The quantitative estimate of drug-likeness (QED) is 0.825. The molecule has 0 aliphatic rings. The molecule has 7 nitrogen and oxygen atoms in total. The summed E-state index contributed by atoms with van der Waals surface area (Å²) < 4.78 is 45.1. The van der Waals surface area contributed by atoms with E-state index in [4.69, 9.17) is 0 Å². The van der Waals surface area contributed by atoms with Gasteiger partial charge in [0.25, 0.3) is 5.56 Å². The Morgan fingerprint density at radius 3 is 1.65 bits per heavy atom. The molecule has 0 saturated heterocycles. The summed E-state index contributed by atoms with van der Waals surface area (Å²) in [6, 6.07) is 1.42. The zero-order valence-electron chi connectivity index (χ0n) is 12.1. The highest BCUT2D eigenvalue weighted by Crippen LogP contribution is 2.29. The van der Waals surface area contributed by atoms with Crippen LogP contribution in [-0.2, 0) is 19.7 Å². The fourth-order valence-corrected chi connectivity index (χ4v) is 5.87. The fraction of sp³-hybridized carbons (Fsp3) is 0.727. The molecule has 1 heterocycles. The van der Waals surface area contributed by atoms with Crippen molar-refractivity contribution in [2.45, 2.75) is 38.2 Å². The van der Waals surface area contributed by atoms with Crippen molar-refractivity contribution >= 4 is 19.7 Å². The molecule has 0 spiro atoms. The Morgan fingerprint density at radius 2 is 1.50 bits per heavy atom. The standard InChI is InChI=1S/C8H18O4S2.C3H4N2O/c1-5-8(4,13(9,10)6-2)14(11,12)7-3;6-3-1-2-4-5-3/h5-7H2,1-4H3;1-2H,(H2,4,5,6). The first kappa shape index (κ1) is 18.9. The number of hydrogen-bond acceptors (Lipinski definition) is 5. The number of H-pyrrole nitrogens is 2. The van der Waals surface area contributed by atoms with Crippen LogP contribution in [0.5, 0.6) is 0 Å². The predicted molar refractivity (Wildman–Crippen MR) is 79.0 cm³/mol. The van der Waals surface area contributed by atoms with Crippen LogP contribution in [0.2, 0.25) is 0 Å². The van der Waals surface area contributed by atoms with Crippen LogP contribution >= 0.6 is 0 Å². The Morgan fingerprint density at radius 1 is 1.05 bits per heavy atom. The third kappa shape index (κ3) is 3.95. The van der Waals surface area contributed by atoms with Crippen LogP contribution in [0.1, 0.15) is 34.1 Å². The summed E-state index contributed by atoms with van der Waals surface area (Å²) in [5, 5.41) is 4.81. The van der Waals surface area contributed by atoms with E-state index in [2.05, 4.69) is 10.2 Å². The summed E-state index contributed by atoms with van der Waals surface area (Å²) in [6.07, 6.45) is 1.64. The topological polar surface area (TPSA) is 117 Å². The summed E-state index contributed by atoms with van der Waals surface area (Å²) in [5.41, 5.74) is -0.0880. The zero-order valence-corrected chi connectivity index (χ0v) is 13.8. The monoisotopic (exact) mass is 326 g/mol. The van der Waals surface area contributed by atoms with Gasteiger partial charge in [-0.25, -0.2) is 16.8 Å². The second-order valence-corrected chi connectivity index (χ2v) is 9.94. The first-order chi connectivity index (χ1) is 9.08. The molecule has 20 heavy (non-hydrogen) atoms. The molecule has 1 rings (SSSR count). The van der Waals surface area contributed by atoms with E-state index in [-0.39, 0.29) is 23.5 Å². The van der Waals surface area contributed by atoms with E-state index in [1.807, 2.05) is 0 Å². The van der Waals surface area contributed by atoms with Crippen LogP contribution in [0.4, 0.5) is 0 Å². The second kappa shape index (κ2) is 7.07. The summed E-state index contributed by atoms with van der Waals surface area (Å²) >= 11 is 0. The highest BCUT2D eigenvalue weighted by Gasteiger charge is 2.47. The van der Waals surface area contributed by atoms with Crippen LogP contribution in [-0.4, -0.2) is 42.6 Å². The van der Waals surface area contributed by atoms with Gasteiger partial charge in [-0.15, -0.1) is 0 Å². The highest BCUT2D eigenvalue weighted by atomic mass is 32.3. The molecule has 1 aromatic heterocycles. The van der Waals surface area contributed by atoms with Gasteiger partial charge in [0.15, 0.2) is 23.8 Å². The molecule has 0 bridgehead atoms. The van der Waals surface area contributed by atoms with Gasteiger partial charge in [-0.1, -0.05) is 20.8 Å². The Bertz CT molecular complexity index is 604. The Hall–Kier alpha value is -1.09. The maximum atomic E-state index is 11.7. The van der Waals surface area contributed by atoms with E-state index >= 15 is 0 Å². The molecule has 0 unspecified atom stereocenters. The first-order valence-electron chi connectivity index (χ1n) is 6.24. The summed E-state index contributed by atoms with van der Waals surface area (Å²) in [5.74, 6) is -0.285. The van der Waals surface area contributed by atoms with Crippen LogP contribution in [0, 0.1) is 0 Å². The van der Waals surface area contributed by atoms with Crippen LogP contribution in [0.15, 0.2) is 17.1 Å². The molecule has 0 saturated carbocycles. The summed E-state index contributed by atoms with van der Waals surface area (Å²) in [4.78, 5) is 9.98. The fourth-order valence-electron chi connectivity index (χ4n) is 1.52. The predicted octanol–water partition coefficient (Wildman–Crippen LogP) is 0.685. The number of rotatable bonds is 5. The molecule has 0 aliphatic carbocycles. The minimum Gasteiger partial charge on any atom is -0.305 e. The second-order valence-electron chi connectivity index (χ2n) is 4.26. The SMILES string of the molecule is CCC(C)(S(=O)(=O)CC)S(=O)(=O)CC.O=c1cc[nH][nH]1. The molecule has 0 atom stereocenters. The normalized spacial score (nSPS) is 12.6. The van der Waals surface area contributed by atoms with E-state index in [1.165, 1.54) is 26.8 Å². The van der Waals surface area contributed by atoms with Crippen LogP contribution in [0.25, 0.3) is 0 Å². The van der Waals surface area contributed by atoms with E-state index < -0.39 is 23.8 Å². The van der Waals surface area contributed by atoms with Gasteiger partial charge in [-0.2, -0.15) is 0 Å². The molecule has 1 aromatic rings. The highest BCUT2D eigenvalue weighted by molar-refractivity contribution is 8.10. The van der Waals surface area contributed by atoms with Crippen molar-refractivity contribution in [1.29, 1.82) is 0 Å². The van der Waals surface area contributed by atoms with E-state index in [1.54, 1.807) is 13.1 Å². The number of aromatic nitrogens is 2. The van der Waals surface area contributed by atoms with Gasteiger partial charge >= 0.3 is 0 Å². The largest absolute Gasteiger partial charge is 0.305 e. The van der Waals surface area contributed by atoms with Gasteiger partial charge in [0, 0.05) is 23.8 Å². The Balaban J connectivity index is 0.000000493. The number of nitrogens with one attached hydrogen (secondary N) is 2. The Kier molecular flexibility index (Phi) is 6.69. The van der Waals surface area contributed by atoms with Crippen molar-refractivity contribution in [2.75, 3.05) is 11.5 Å². The van der Waals surface area contributed by atoms with Gasteiger partial charge in [0.1, 0.15) is 0 Å². The maximum absolute atomic E-state index is 11.7. The van der Waals surface area contributed by atoms with Crippen molar-refractivity contribution in [3.05, 3.63) is 22.6 Å². The average Bonchev–Trinajstić information content (AvgIpc) is 2.89. The average molecular weight is 326 g/mol. The zero-order chi connectivity index (χ0) is 16.0. The van der Waals surface area contributed by atoms with Gasteiger partial charge < -0.3 is 5.10 Å². The lowest BCUT2D eigenvalue weighted by molar-refractivity contribution is 0.543. The van der Waals surface area contributed by atoms with E-state index in [9.17, 15) is 21.6 Å². The molecular formula is C11H22N2O5S2. The molecule has 0 fully saturated rings. The van der Waals surface area contributed by atoms with Gasteiger partial charge in [0.2, 0.25) is 0 Å².